The summed E-state index contributed by atoms with van der Waals surface area (Å²) in [5, 5.41) is 20.6. The first kappa shape index (κ1) is 23.5. The number of nitro groups is 1. The normalized spacial score (nSPS) is 11.1. The van der Waals surface area contributed by atoms with Gasteiger partial charge in [0, 0.05) is 24.7 Å². The summed E-state index contributed by atoms with van der Waals surface area (Å²) in [6, 6.07) is 14.8. The summed E-state index contributed by atoms with van der Waals surface area (Å²) in [7, 11) is 0. The fraction of sp³-hybridized carbons (Fsp3) is 0.182. The highest BCUT2D eigenvalue weighted by Gasteiger charge is 2.33. The zero-order valence-corrected chi connectivity index (χ0v) is 17.1. The maximum Gasteiger partial charge on any atom is 0.416 e. The van der Waals surface area contributed by atoms with Gasteiger partial charge in [0.25, 0.3) is 11.6 Å². The topological polar surface area (TPSA) is 113 Å². The molecule has 0 aliphatic heterocycles. The van der Waals surface area contributed by atoms with Gasteiger partial charge < -0.3 is 16.0 Å². The summed E-state index contributed by atoms with van der Waals surface area (Å²) >= 11 is 0. The monoisotopic (exact) mass is 460 g/mol. The van der Waals surface area contributed by atoms with E-state index in [0.29, 0.717) is 11.6 Å². The van der Waals surface area contributed by atoms with Crippen LogP contribution in [0.2, 0.25) is 0 Å². The summed E-state index contributed by atoms with van der Waals surface area (Å²) in [4.78, 5) is 34.4. The molecule has 3 rings (SSSR count). The molecule has 0 saturated carbocycles. The molecular weight excluding hydrogens is 441 g/mol. The number of rotatable bonds is 8. The van der Waals surface area contributed by atoms with E-state index in [2.05, 4.69) is 16.0 Å². The van der Waals surface area contributed by atoms with Gasteiger partial charge in [-0.05, 0) is 35.0 Å². The van der Waals surface area contributed by atoms with Gasteiger partial charge in [-0.2, -0.15) is 13.2 Å². The predicted octanol–water partition coefficient (Wildman–Crippen LogP) is 3.72. The van der Waals surface area contributed by atoms with E-state index >= 15 is 0 Å². The second-order valence-electron chi connectivity index (χ2n) is 7.01. The molecule has 2 amide bonds. The van der Waals surface area contributed by atoms with E-state index in [4.69, 9.17) is 0 Å². The number of benzene rings is 3. The van der Waals surface area contributed by atoms with Gasteiger partial charge in [-0.25, -0.2) is 0 Å². The molecule has 0 aliphatic rings. The Bertz CT molecular complexity index is 1200. The third-order valence-electron chi connectivity index (χ3n) is 4.71. The van der Waals surface area contributed by atoms with Crippen molar-refractivity contribution < 1.29 is 27.7 Å². The Morgan fingerprint density at radius 3 is 2.33 bits per heavy atom. The van der Waals surface area contributed by atoms with Crippen molar-refractivity contribution in [2.75, 3.05) is 25.0 Å². The van der Waals surface area contributed by atoms with Crippen LogP contribution in [0.4, 0.5) is 24.5 Å². The van der Waals surface area contributed by atoms with Crippen molar-refractivity contribution in [3.05, 3.63) is 81.9 Å². The Labute approximate surface area is 185 Å². The van der Waals surface area contributed by atoms with Crippen LogP contribution in [0.3, 0.4) is 0 Å². The number of hydrogen-bond acceptors (Lipinski definition) is 5. The molecule has 0 aromatic heterocycles. The second-order valence-corrected chi connectivity index (χ2v) is 7.01. The average Bonchev–Trinajstić information content (AvgIpc) is 2.79. The molecule has 3 aromatic carbocycles. The molecule has 0 unspecified atom stereocenters. The Balaban J connectivity index is 1.46. The van der Waals surface area contributed by atoms with Gasteiger partial charge in [0.2, 0.25) is 5.91 Å². The Hall–Kier alpha value is -4.15. The lowest BCUT2D eigenvalue weighted by atomic mass is 10.1. The number of hydrogen-bond donors (Lipinski definition) is 3. The minimum Gasteiger partial charge on any atom is -0.378 e. The van der Waals surface area contributed by atoms with Crippen molar-refractivity contribution in [1.82, 2.24) is 10.6 Å². The van der Waals surface area contributed by atoms with Gasteiger partial charge in [-0.15, -0.1) is 0 Å². The van der Waals surface area contributed by atoms with Crippen LogP contribution in [0.5, 0.6) is 0 Å². The molecule has 0 saturated heterocycles. The van der Waals surface area contributed by atoms with E-state index in [0.717, 1.165) is 22.9 Å². The second kappa shape index (κ2) is 9.98. The molecular formula is C22H19F3N4O4. The molecule has 172 valence electrons. The Morgan fingerprint density at radius 1 is 0.909 bits per heavy atom. The minimum absolute atomic E-state index is 0.0244. The highest BCUT2D eigenvalue weighted by Crippen LogP contribution is 2.34. The van der Waals surface area contributed by atoms with Crippen molar-refractivity contribution >= 4 is 34.0 Å². The third-order valence-corrected chi connectivity index (χ3v) is 4.71. The summed E-state index contributed by atoms with van der Waals surface area (Å²) in [6.45, 7) is -0.231. The van der Waals surface area contributed by atoms with Crippen molar-refractivity contribution in [2.45, 2.75) is 6.18 Å². The lowest BCUT2D eigenvalue weighted by Crippen LogP contribution is -2.38. The van der Waals surface area contributed by atoms with Crippen LogP contribution < -0.4 is 16.0 Å². The van der Waals surface area contributed by atoms with Gasteiger partial charge in [-0.1, -0.05) is 30.3 Å². The van der Waals surface area contributed by atoms with Crippen molar-refractivity contribution in [2.24, 2.45) is 0 Å². The van der Waals surface area contributed by atoms with Gasteiger partial charge in [0.15, 0.2) is 0 Å². The summed E-state index contributed by atoms with van der Waals surface area (Å²) in [5.41, 5.74) is -1.56. The lowest BCUT2D eigenvalue weighted by Gasteiger charge is -2.11. The molecule has 33 heavy (non-hydrogen) atoms. The number of halogens is 3. The van der Waals surface area contributed by atoms with Gasteiger partial charge in [-0.3, -0.25) is 19.7 Å². The number of carbonyl (C=O) groups is 2. The zero-order valence-electron chi connectivity index (χ0n) is 17.1. The van der Waals surface area contributed by atoms with E-state index in [1.807, 2.05) is 24.3 Å². The van der Waals surface area contributed by atoms with E-state index in [1.165, 1.54) is 0 Å². The summed E-state index contributed by atoms with van der Waals surface area (Å²) in [6.07, 6.45) is -4.70. The average molecular weight is 460 g/mol. The zero-order chi connectivity index (χ0) is 24.0. The fourth-order valence-corrected chi connectivity index (χ4v) is 3.06. The number of nitro benzene ring substituents is 1. The van der Waals surface area contributed by atoms with Crippen LogP contribution in [-0.2, 0) is 11.0 Å². The number of alkyl halides is 3. The highest BCUT2D eigenvalue weighted by atomic mass is 19.4. The molecule has 0 radical (unpaired) electrons. The molecule has 3 N–H and O–H groups in total. The van der Waals surface area contributed by atoms with Crippen LogP contribution in [-0.4, -0.2) is 36.4 Å². The quantitative estimate of drug-likeness (QED) is 0.269. The van der Waals surface area contributed by atoms with Gasteiger partial charge in [0.1, 0.15) is 5.69 Å². The molecule has 0 spiro atoms. The fourth-order valence-electron chi connectivity index (χ4n) is 3.06. The first-order valence-electron chi connectivity index (χ1n) is 9.78. The highest BCUT2D eigenvalue weighted by molar-refractivity contribution is 6.00. The molecule has 3 aromatic rings. The maximum atomic E-state index is 12.7. The van der Waals surface area contributed by atoms with Gasteiger partial charge >= 0.3 is 6.18 Å². The smallest absolute Gasteiger partial charge is 0.378 e. The Morgan fingerprint density at radius 2 is 1.64 bits per heavy atom. The first-order chi connectivity index (χ1) is 15.6. The summed E-state index contributed by atoms with van der Waals surface area (Å²) < 4.78 is 38.2. The number of nitrogens with one attached hydrogen (secondary N) is 3. The molecule has 0 atom stereocenters. The number of anilines is 1. The number of amides is 2. The molecule has 0 aliphatic carbocycles. The summed E-state index contributed by atoms with van der Waals surface area (Å²) in [5.74, 6) is -0.915. The molecule has 0 fully saturated rings. The first-order valence-corrected chi connectivity index (χ1v) is 9.78. The van der Waals surface area contributed by atoms with Gasteiger partial charge in [0.05, 0.1) is 17.0 Å². The van der Waals surface area contributed by atoms with Crippen LogP contribution >= 0.6 is 0 Å². The largest absolute Gasteiger partial charge is 0.416 e. The van der Waals surface area contributed by atoms with E-state index in [1.54, 1.807) is 18.2 Å². The number of fused-ring (bicyclic) bond motifs is 1. The predicted molar refractivity (Wildman–Crippen MR) is 116 cm³/mol. The van der Waals surface area contributed by atoms with E-state index < -0.39 is 34.2 Å². The number of nitrogens with zero attached hydrogens (tertiary/aromatic N) is 1. The molecule has 11 heteroatoms. The molecule has 8 nitrogen and oxygen atoms in total. The molecule has 0 bridgehead atoms. The van der Waals surface area contributed by atoms with Crippen LogP contribution in [0.15, 0.2) is 60.7 Å². The van der Waals surface area contributed by atoms with Crippen LogP contribution in [0.25, 0.3) is 10.8 Å². The van der Waals surface area contributed by atoms with E-state index in [-0.39, 0.29) is 25.3 Å². The van der Waals surface area contributed by atoms with Crippen molar-refractivity contribution in [3.63, 3.8) is 0 Å². The lowest BCUT2D eigenvalue weighted by molar-refractivity contribution is -0.384. The van der Waals surface area contributed by atoms with Crippen molar-refractivity contribution in [1.29, 1.82) is 0 Å². The van der Waals surface area contributed by atoms with Crippen molar-refractivity contribution in [3.8, 4) is 0 Å². The minimum atomic E-state index is -4.70. The standard InChI is InChI=1S/C22H19F3N4O4/c23-22(24,25)17-7-8-18(19(12-17)29(32)33)26-9-10-27-20(30)13-28-21(31)16-6-5-14-3-1-2-4-15(14)11-16/h1-8,11-12,26H,9-10,13H2,(H,27,30)(H,28,31). The Kier molecular flexibility index (Phi) is 7.11. The maximum absolute atomic E-state index is 12.7. The van der Waals surface area contributed by atoms with Crippen LogP contribution in [0, 0.1) is 10.1 Å². The third kappa shape index (κ3) is 6.19. The van der Waals surface area contributed by atoms with E-state index in [9.17, 15) is 32.9 Å². The van der Waals surface area contributed by atoms with Crippen LogP contribution in [0.1, 0.15) is 15.9 Å². The number of carbonyl (C=O) groups excluding carboxylic acids is 2. The molecule has 0 heterocycles. The SMILES string of the molecule is O=C(CNC(=O)c1ccc2ccccc2c1)NCCNc1ccc(C(F)(F)F)cc1[N+](=O)[O-].